The summed E-state index contributed by atoms with van der Waals surface area (Å²) in [5.41, 5.74) is -0.994. The van der Waals surface area contributed by atoms with Crippen LogP contribution in [0.3, 0.4) is 0 Å². The number of nitriles is 1. The van der Waals surface area contributed by atoms with E-state index in [1.165, 1.54) is 0 Å². The molecule has 1 amide bonds. The first-order valence-corrected chi connectivity index (χ1v) is 7.73. The van der Waals surface area contributed by atoms with Gasteiger partial charge in [-0.2, -0.15) is 5.26 Å². The summed E-state index contributed by atoms with van der Waals surface area (Å²) in [6.45, 7) is 0.926. The molecule has 0 aromatic carbocycles. The number of rotatable bonds is 3. The molecule has 2 aliphatic carbocycles. The van der Waals surface area contributed by atoms with Crippen molar-refractivity contribution in [3.05, 3.63) is 0 Å². The summed E-state index contributed by atoms with van der Waals surface area (Å²) in [5, 5.41) is 12.3. The van der Waals surface area contributed by atoms with Crippen molar-refractivity contribution in [3.8, 4) is 6.07 Å². The highest BCUT2D eigenvalue weighted by Gasteiger charge is 2.48. The Morgan fingerprint density at radius 2 is 2.25 bits per heavy atom. The molecule has 3 unspecified atom stereocenters. The maximum absolute atomic E-state index is 14.4. The molecule has 3 rings (SSSR count). The van der Waals surface area contributed by atoms with Crippen molar-refractivity contribution >= 4 is 5.91 Å². The fourth-order valence-electron chi connectivity index (χ4n) is 4.20. The molecule has 0 aromatic rings. The molecular weight excluding hydrogens is 257 g/mol. The largest absolute Gasteiger partial charge is 0.326 e. The van der Waals surface area contributed by atoms with E-state index in [9.17, 15) is 9.18 Å². The van der Waals surface area contributed by atoms with E-state index in [0.717, 1.165) is 25.7 Å². The van der Waals surface area contributed by atoms with Crippen LogP contribution in [-0.4, -0.2) is 41.6 Å². The molecule has 20 heavy (non-hydrogen) atoms. The van der Waals surface area contributed by atoms with E-state index in [4.69, 9.17) is 5.26 Å². The maximum Gasteiger partial charge on any atom is 0.237 e. The Kier molecular flexibility index (Phi) is 3.68. The number of amides is 1. The third kappa shape index (κ3) is 2.54. The fraction of sp³-hybridized carbons (Fsp3) is 0.867. The van der Waals surface area contributed by atoms with Crippen LogP contribution in [0.15, 0.2) is 0 Å². The van der Waals surface area contributed by atoms with Gasteiger partial charge in [-0.05, 0) is 50.9 Å². The quantitative estimate of drug-likeness (QED) is 0.856. The summed E-state index contributed by atoms with van der Waals surface area (Å²) in [6.07, 6.45) is 5.61. The normalized spacial score (nSPS) is 39.8. The maximum atomic E-state index is 14.4. The van der Waals surface area contributed by atoms with E-state index in [0.29, 0.717) is 31.7 Å². The van der Waals surface area contributed by atoms with Gasteiger partial charge in [0.15, 0.2) is 0 Å². The SMILES string of the molecule is N#C[C@@H]1CCCN1C(=O)CNC1CC2(F)CCCC1C2. The van der Waals surface area contributed by atoms with Gasteiger partial charge in [-0.1, -0.05) is 0 Å². The van der Waals surface area contributed by atoms with Crippen molar-refractivity contribution in [2.75, 3.05) is 13.1 Å². The van der Waals surface area contributed by atoms with Crippen LogP contribution in [0, 0.1) is 17.2 Å². The van der Waals surface area contributed by atoms with Gasteiger partial charge in [0, 0.05) is 12.6 Å². The number of nitrogens with one attached hydrogen (secondary N) is 1. The van der Waals surface area contributed by atoms with Gasteiger partial charge in [0.25, 0.3) is 0 Å². The van der Waals surface area contributed by atoms with Gasteiger partial charge >= 0.3 is 0 Å². The van der Waals surface area contributed by atoms with Crippen molar-refractivity contribution in [2.24, 2.45) is 5.92 Å². The predicted molar refractivity (Wildman–Crippen MR) is 72.6 cm³/mol. The lowest BCUT2D eigenvalue weighted by Gasteiger charge is -2.25. The number of carbonyl (C=O) groups excluding carboxylic acids is 1. The van der Waals surface area contributed by atoms with Crippen LogP contribution in [0.4, 0.5) is 4.39 Å². The third-order valence-electron chi connectivity index (χ3n) is 5.22. The van der Waals surface area contributed by atoms with E-state index >= 15 is 0 Å². The van der Waals surface area contributed by atoms with Crippen LogP contribution < -0.4 is 5.32 Å². The number of hydrogen-bond donors (Lipinski definition) is 1. The zero-order valence-corrected chi connectivity index (χ0v) is 11.8. The van der Waals surface area contributed by atoms with Gasteiger partial charge in [-0.3, -0.25) is 4.79 Å². The second-order valence-corrected chi connectivity index (χ2v) is 6.57. The zero-order valence-electron chi connectivity index (χ0n) is 11.8. The summed E-state index contributed by atoms with van der Waals surface area (Å²) >= 11 is 0. The van der Waals surface area contributed by atoms with Crippen LogP contribution in [0.25, 0.3) is 0 Å². The second-order valence-electron chi connectivity index (χ2n) is 6.57. The molecule has 4 atom stereocenters. The number of alkyl halides is 1. The molecule has 5 heteroatoms. The van der Waals surface area contributed by atoms with Gasteiger partial charge in [-0.25, -0.2) is 4.39 Å². The Morgan fingerprint density at radius 3 is 3.00 bits per heavy atom. The van der Waals surface area contributed by atoms with E-state index in [2.05, 4.69) is 11.4 Å². The van der Waals surface area contributed by atoms with Crippen molar-refractivity contribution in [3.63, 3.8) is 0 Å². The van der Waals surface area contributed by atoms with Crippen molar-refractivity contribution in [2.45, 2.75) is 62.7 Å². The number of likely N-dealkylation sites (tertiary alicyclic amines) is 1. The van der Waals surface area contributed by atoms with Crippen LogP contribution in [0.5, 0.6) is 0 Å². The lowest BCUT2D eigenvalue weighted by Crippen LogP contribution is -2.44. The van der Waals surface area contributed by atoms with Crippen molar-refractivity contribution < 1.29 is 9.18 Å². The number of hydrogen-bond acceptors (Lipinski definition) is 3. The Bertz CT molecular complexity index is 435. The first kappa shape index (κ1) is 13.8. The lowest BCUT2D eigenvalue weighted by atomic mass is 9.87. The highest BCUT2D eigenvalue weighted by molar-refractivity contribution is 5.79. The number of carbonyl (C=O) groups is 1. The van der Waals surface area contributed by atoms with E-state index in [-0.39, 0.29) is 24.5 Å². The van der Waals surface area contributed by atoms with E-state index in [1.54, 1.807) is 4.90 Å². The van der Waals surface area contributed by atoms with Gasteiger partial charge in [0.05, 0.1) is 12.6 Å². The Balaban J connectivity index is 1.53. The molecule has 3 fully saturated rings. The number of nitrogens with zero attached hydrogens (tertiary/aromatic N) is 2. The smallest absolute Gasteiger partial charge is 0.237 e. The fourth-order valence-corrected chi connectivity index (χ4v) is 4.20. The molecule has 4 nitrogen and oxygen atoms in total. The van der Waals surface area contributed by atoms with Crippen LogP contribution in [-0.2, 0) is 4.79 Å². The number of halogens is 1. The summed E-state index contributed by atoms with van der Waals surface area (Å²) < 4.78 is 14.4. The summed E-state index contributed by atoms with van der Waals surface area (Å²) in [7, 11) is 0. The summed E-state index contributed by atoms with van der Waals surface area (Å²) in [6, 6.07) is 2.05. The minimum Gasteiger partial charge on any atom is -0.326 e. The molecule has 2 bridgehead atoms. The minimum absolute atomic E-state index is 0.0107. The molecule has 0 radical (unpaired) electrons. The molecule has 1 aliphatic heterocycles. The molecule has 2 saturated carbocycles. The van der Waals surface area contributed by atoms with Gasteiger partial charge in [0.2, 0.25) is 5.91 Å². The molecule has 0 aromatic heterocycles. The second kappa shape index (κ2) is 5.33. The first-order valence-electron chi connectivity index (χ1n) is 7.73. The van der Waals surface area contributed by atoms with E-state index < -0.39 is 5.67 Å². The molecule has 1 N–H and O–H groups in total. The van der Waals surface area contributed by atoms with Crippen molar-refractivity contribution in [1.82, 2.24) is 10.2 Å². The lowest BCUT2D eigenvalue weighted by molar-refractivity contribution is -0.130. The molecular formula is C15H22FN3O. The third-order valence-corrected chi connectivity index (χ3v) is 5.22. The molecule has 1 heterocycles. The Labute approximate surface area is 119 Å². The van der Waals surface area contributed by atoms with Crippen LogP contribution >= 0.6 is 0 Å². The molecule has 110 valence electrons. The van der Waals surface area contributed by atoms with Crippen molar-refractivity contribution in [1.29, 1.82) is 5.26 Å². The molecule has 0 spiro atoms. The standard InChI is InChI=1S/C15H22FN3O/c16-15-5-1-3-11(7-15)13(8-15)18-10-14(20)19-6-2-4-12(19)9-17/h11-13,18H,1-8,10H2/t11?,12-,13?,15?/m0/s1. The van der Waals surface area contributed by atoms with Gasteiger partial charge in [-0.15, -0.1) is 0 Å². The Morgan fingerprint density at radius 1 is 1.40 bits per heavy atom. The highest BCUT2D eigenvalue weighted by atomic mass is 19.1. The van der Waals surface area contributed by atoms with Gasteiger partial charge < -0.3 is 10.2 Å². The average Bonchev–Trinajstić information content (AvgIpc) is 2.98. The van der Waals surface area contributed by atoms with Gasteiger partial charge in [0.1, 0.15) is 11.7 Å². The predicted octanol–water partition coefficient (Wildman–Crippen LogP) is 1.76. The molecule has 1 saturated heterocycles. The topological polar surface area (TPSA) is 56.1 Å². The monoisotopic (exact) mass is 279 g/mol. The van der Waals surface area contributed by atoms with Crippen LogP contribution in [0.2, 0.25) is 0 Å². The molecule has 3 aliphatic rings. The Hall–Kier alpha value is -1.15. The zero-order chi connectivity index (χ0) is 14.2. The minimum atomic E-state index is -0.994. The number of fused-ring (bicyclic) bond motifs is 2. The highest BCUT2D eigenvalue weighted by Crippen LogP contribution is 2.47. The average molecular weight is 279 g/mol. The summed E-state index contributed by atoms with van der Waals surface area (Å²) in [5.74, 6) is 0.371. The first-order chi connectivity index (χ1) is 9.61. The van der Waals surface area contributed by atoms with Crippen LogP contribution in [0.1, 0.15) is 44.9 Å². The summed E-state index contributed by atoms with van der Waals surface area (Å²) in [4.78, 5) is 13.8. The van der Waals surface area contributed by atoms with E-state index in [1.807, 2.05) is 0 Å².